The summed E-state index contributed by atoms with van der Waals surface area (Å²) < 4.78 is 18.9. The zero-order valence-corrected chi connectivity index (χ0v) is 14.2. The van der Waals surface area contributed by atoms with Crippen molar-refractivity contribution >= 4 is 24.2 Å². The molecule has 1 aromatic carbocycles. The van der Waals surface area contributed by atoms with Crippen LogP contribution in [0.4, 0.5) is 4.39 Å². The van der Waals surface area contributed by atoms with E-state index in [1.807, 2.05) is 0 Å². The summed E-state index contributed by atoms with van der Waals surface area (Å²) in [6.45, 7) is 1.10. The minimum atomic E-state index is -0.388. The Morgan fingerprint density at radius 1 is 1.42 bits per heavy atom. The first-order chi connectivity index (χ1) is 11.1. The number of ether oxygens (including phenoxy) is 1. The Morgan fingerprint density at radius 3 is 2.83 bits per heavy atom. The van der Waals surface area contributed by atoms with E-state index in [1.54, 1.807) is 17.0 Å². The predicted molar refractivity (Wildman–Crippen MR) is 90.1 cm³/mol. The fourth-order valence-corrected chi connectivity index (χ4v) is 2.50. The van der Waals surface area contributed by atoms with Gasteiger partial charge in [-0.05, 0) is 30.5 Å². The molecule has 0 aliphatic carbocycles. The number of nitrogens with zero attached hydrogens (tertiary/aromatic N) is 1. The van der Waals surface area contributed by atoms with Gasteiger partial charge in [-0.15, -0.1) is 12.4 Å². The van der Waals surface area contributed by atoms with Crippen LogP contribution in [0.15, 0.2) is 24.3 Å². The molecule has 1 aromatic rings. The summed E-state index contributed by atoms with van der Waals surface area (Å²) in [7, 11) is 0. The van der Waals surface area contributed by atoms with Gasteiger partial charge >= 0.3 is 0 Å². The molecule has 1 aliphatic heterocycles. The van der Waals surface area contributed by atoms with Crippen molar-refractivity contribution in [2.24, 2.45) is 5.73 Å². The van der Waals surface area contributed by atoms with Crippen LogP contribution in [0.3, 0.4) is 0 Å². The zero-order chi connectivity index (χ0) is 16.7. The lowest BCUT2D eigenvalue weighted by atomic mass is 10.1. The van der Waals surface area contributed by atoms with Gasteiger partial charge in [0.25, 0.3) is 0 Å². The Kier molecular flexibility index (Phi) is 8.67. The number of halogens is 2. The summed E-state index contributed by atoms with van der Waals surface area (Å²) in [6, 6.07) is 6.12. The van der Waals surface area contributed by atoms with Crippen LogP contribution in [-0.4, -0.2) is 49.1 Å². The molecular weight excluding hydrogens is 337 g/mol. The number of nitrogens with two attached hydrogens (primary N) is 1. The average Bonchev–Trinajstić information content (AvgIpc) is 3.04. The van der Waals surface area contributed by atoms with E-state index >= 15 is 0 Å². The third kappa shape index (κ3) is 6.43. The third-order valence-electron chi connectivity index (χ3n) is 3.69. The van der Waals surface area contributed by atoms with Gasteiger partial charge in [-0.25, -0.2) is 4.39 Å². The summed E-state index contributed by atoms with van der Waals surface area (Å²) >= 11 is 0. The number of benzene rings is 1. The number of nitrogens with one attached hydrogen (secondary N) is 1. The van der Waals surface area contributed by atoms with Crippen LogP contribution in [0.1, 0.15) is 18.4 Å². The Morgan fingerprint density at radius 2 is 2.21 bits per heavy atom. The lowest BCUT2D eigenvalue weighted by Crippen LogP contribution is -2.44. The summed E-state index contributed by atoms with van der Waals surface area (Å²) in [4.78, 5) is 25.2. The SMILES string of the molecule is Cl.NCC(=O)NCC(=O)N(Cc1cccc(F)c1)CC1CCCO1. The number of hydrogen-bond acceptors (Lipinski definition) is 4. The smallest absolute Gasteiger partial charge is 0.242 e. The van der Waals surface area contributed by atoms with Gasteiger partial charge in [0, 0.05) is 19.7 Å². The molecule has 0 aromatic heterocycles. The van der Waals surface area contributed by atoms with Crippen molar-refractivity contribution in [1.82, 2.24) is 10.2 Å². The molecular formula is C16H23ClFN3O3. The van der Waals surface area contributed by atoms with E-state index in [0.717, 1.165) is 12.8 Å². The summed E-state index contributed by atoms with van der Waals surface area (Å²) in [6.07, 6.45) is 1.84. The maximum Gasteiger partial charge on any atom is 0.242 e. The molecule has 2 amide bonds. The van der Waals surface area contributed by atoms with Gasteiger partial charge in [0.15, 0.2) is 0 Å². The van der Waals surface area contributed by atoms with Crippen LogP contribution in [0.2, 0.25) is 0 Å². The van der Waals surface area contributed by atoms with Crippen LogP contribution in [-0.2, 0) is 20.9 Å². The molecule has 3 N–H and O–H groups in total. The van der Waals surface area contributed by atoms with Gasteiger partial charge < -0.3 is 20.7 Å². The second kappa shape index (κ2) is 10.2. The van der Waals surface area contributed by atoms with E-state index in [9.17, 15) is 14.0 Å². The summed E-state index contributed by atoms with van der Waals surface area (Å²) in [5, 5.41) is 2.46. The quantitative estimate of drug-likeness (QED) is 0.755. The fraction of sp³-hybridized carbons (Fsp3) is 0.500. The van der Waals surface area contributed by atoms with Gasteiger partial charge in [0.2, 0.25) is 11.8 Å². The minimum absolute atomic E-state index is 0. The number of carbonyl (C=O) groups excluding carboxylic acids is 2. The third-order valence-corrected chi connectivity index (χ3v) is 3.69. The van der Waals surface area contributed by atoms with Crippen molar-refractivity contribution in [2.75, 3.05) is 26.2 Å². The molecule has 24 heavy (non-hydrogen) atoms. The van der Waals surface area contributed by atoms with Crippen molar-refractivity contribution < 1.29 is 18.7 Å². The molecule has 0 spiro atoms. The van der Waals surface area contributed by atoms with Crippen molar-refractivity contribution in [3.63, 3.8) is 0 Å². The molecule has 1 atom stereocenters. The van der Waals surface area contributed by atoms with Gasteiger partial charge in [-0.1, -0.05) is 12.1 Å². The standard InChI is InChI=1S/C16H22FN3O3.ClH/c17-13-4-1-3-12(7-13)10-20(11-14-5-2-6-23-14)16(22)9-19-15(21)8-18;/h1,3-4,7,14H,2,5-6,8-11,18H2,(H,19,21);1H. The topological polar surface area (TPSA) is 84.7 Å². The number of amides is 2. The molecule has 0 radical (unpaired) electrons. The minimum Gasteiger partial charge on any atom is -0.376 e. The van der Waals surface area contributed by atoms with E-state index in [0.29, 0.717) is 18.7 Å². The maximum atomic E-state index is 13.3. The lowest BCUT2D eigenvalue weighted by molar-refractivity contribution is -0.134. The molecule has 8 heteroatoms. The number of hydrogen-bond donors (Lipinski definition) is 2. The first kappa shape index (κ1) is 20.3. The van der Waals surface area contributed by atoms with Crippen molar-refractivity contribution in [1.29, 1.82) is 0 Å². The fourth-order valence-electron chi connectivity index (χ4n) is 2.50. The molecule has 0 bridgehead atoms. The molecule has 1 heterocycles. The van der Waals surface area contributed by atoms with Gasteiger partial charge in [0.1, 0.15) is 5.82 Å². The predicted octanol–water partition coefficient (Wildman–Crippen LogP) is 0.830. The molecule has 1 aliphatic rings. The highest BCUT2D eigenvalue weighted by atomic mass is 35.5. The molecule has 1 saturated heterocycles. The first-order valence-corrected chi connectivity index (χ1v) is 7.69. The summed E-state index contributed by atoms with van der Waals surface area (Å²) in [5.74, 6) is -0.976. The van der Waals surface area contributed by atoms with Crippen LogP contribution in [0, 0.1) is 5.82 Å². The van der Waals surface area contributed by atoms with Crippen molar-refractivity contribution in [3.8, 4) is 0 Å². The maximum absolute atomic E-state index is 13.3. The number of carbonyl (C=O) groups is 2. The highest BCUT2D eigenvalue weighted by Crippen LogP contribution is 2.15. The largest absolute Gasteiger partial charge is 0.376 e. The monoisotopic (exact) mass is 359 g/mol. The highest BCUT2D eigenvalue weighted by molar-refractivity contribution is 5.85. The van der Waals surface area contributed by atoms with E-state index in [-0.39, 0.29) is 55.8 Å². The van der Waals surface area contributed by atoms with Crippen molar-refractivity contribution in [3.05, 3.63) is 35.6 Å². The molecule has 6 nitrogen and oxygen atoms in total. The first-order valence-electron chi connectivity index (χ1n) is 7.69. The van der Waals surface area contributed by atoms with Gasteiger partial charge in [-0.2, -0.15) is 0 Å². The zero-order valence-electron chi connectivity index (χ0n) is 13.4. The average molecular weight is 360 g/mol. The Balaban J connectivity index is 0.00000288. The molecule has 1 unspecified atom stereocenters. The van der Waals surface area contributed by atoms with Gasteiger partial charge in [0.05, 0.1) is 19.2 Å². The molecule has 1 fully saturated rings. The van der Waals surface area contributed by atoms with Crippen molar-refractivity contribution in [2.45, 2.75) is 25.5 Å². The molecule has 134 valence electrons. The van der Waals surface area contributed by atoms with E-state index in [2.05, 4.69) is 5.32 Å². The Hall–Kier alpha value is -1.70. The molecule has 0 saturated carbocycles. The highest BCUT2D eigenvalue weighted by Gasteiger charge is 2.23. The normalized spacial score (nSPS) is 16.3. The Labute approximate surface area is 146 Å². The lowest BCUT2D eigenvalue weighted by Gasteiger charge is -2.26. The van der Waals surface area contributed by atoms with Crippen LogP contribution < -0.4 is 11.1 Å². The number of rotatable bonds is 7. The second-order valence-electron chi connectivity index (χ2n) is 5.52. The Bertz CT molecular complexity index is 553. The summed E-state index contributed by atoms with van der Waals surface area (Å²) in [5.41, 5.74) is 5.90. The second-order valence-corrected chi connectivity index (χ2v) is 5.52. The van der Waals surface area contributed by atoms with Crippen LogP contribution >= 0.6 is 12.4 Å². The van der Waals surface area contributed by atoms with E-state index in [1.165, 1.54) is 12.1 Å². The van der Waals surface area contributed by atoms with Gasteiger partial charge in [-0.3, -0.25) is 9.59 Å². The molecule has 2 rings (SSSR count). The van der Waals surface area contributed by atoms with Crippen LogP contribution in [0.5, 0.6) is 0 Å². The van der Waals surface area contributed by atoms with Crippen LogP contribution in [0.25, 0.3) is 0 Å². The van der Waals surface area contributed by atoms with E-state index in [4.69, 9.17) is 10.5 Å². The van der Waals surface area contributed by atoms with E-state index < -0.39 is 0 Å².